The van der Waals surface area contributed by atoms with Crippen LogP contribution in [0.25, 0.3) is 0 Å². The standard InChI is InChI=1S/C15H21N3O3/c1-16-14(19)10-20-13-7-15(21-9-13)4-6-18(11-15)12-3-2-5-17-8-12/h2-3,5,8,13H,4,6-7,9-11H2,1H3,(H,16,19). The van der Waals surface area contributed by atoms with Gasteiger partial charge in [0.2, 0.25) is 5.91 Å². The van der Waals surface area contributed by atoms with Gasteiger partial charge in [-0.15, -0.1) is 0 Å². The molecule has 3 rings (SSSR count). The van der Waals surface area contributed by atoms with Crippen LogP contribution in [0.2, 0.25) is 0 Å². The van der Waals surface area contributed by atoms with Gasteiger partial charge in [-0.2, -0.15) is 0 Å². The SMILES string of the molecule is CNC(=O)COC1COC2(CCN(c3cccnc3)C2)C1. The average molecular weight is 291 g/mol. The highest BCUT2D eigenvalue weighted by Gasteiger charge is 2.46. The minimum absolute atomic E-state index is 0.0103. The lowest BCUT2D eigenvalue weighted by molar-refractivity contribution is -0.127. The van der Waals surface area contributed by atoms with Gasteiger partial charge in [0.15, 0.2) is 0 Å². The predicted octanol–water partition coefficient (Wildman–Crippen LogP) is 0.582. The van der Waals surface area contributed by atoms with Gasteiger partial charge in [-0.1, -0.05) is 0 Å². The highest BCUT2D eigenvalue weighted by atomic mass is 16.6. The van der Waals surface area contributed by atoms with Crippen molar-refractivity contribution in [1.82, 2.24) is 10.3 Å². The third-order valence-electron chi connectivity index (χ3n) is 4.23. The first kappa shape index (κ1) is 14.3. The van der Waals surface area contributed by atoms with Crippen LogP contribution in [0.5, 0.6) is 0 Å². The van der Waals surface area contributed by atoms with Crippen molar-refractivity contribution in [1.29, 1.82) is 0 Å². The zero-order chi connectivity index (χ0) is 14.7. The van der Waals surface area contributed by atoms with Crippen LogP contribution >= 0.6 is 0 Å². The van der Waals surface area contributed by atoms with E-state index in [0.717, 1.165) is 31.6 Å². The van der Waals surface area contributed by atoms with Crippen molar-refractivity contribution >= 4 is 11.6 Å². The quantitative estimate of drug-likeness (QED) is 0.879. The molecule has 0 bridgehead atoms. The minimum atomic E-state index is -0.136. The molecule has 0 aliphatic carbocycles. The van der Waals surface area contributed by atoms with Crippen molar-refractivity contribution in [2.45, 2.75) is 24.5 Å². The van der Waals surface area contributed by atoms with Crippen LogP contribution in [0.3, 0.4) is 0 Å². The van der Waals surface area contributed by atoms with E-state index in [1.807, 2.05) is 12.3 Å². The van der Waals surface area contributed by atoms with E-state index in [2.05, 4.69) is 21.3 Å². The van der Waals surface area contributed by atoms with E-state index in [9.17, 15) is 4.79 Å². The highest BCUT2D eigenvalue weighted by Crippen LogP contribution is 2.37. The molecule has 1 N–H and O–H groups in total. The zero-order valence-corrected chi connectivity index (χ0v) is 12.2. The second kappa shape index (κ2) is 5.99. The topological polar surface area (TPSA) is 63.7 Å². The van der Waals surface area contributed by atoms with E-state index in [1.54, 1.807) is 13.2 Å². The molecule has 1 aromatic heterocycles. The number of amides is 1. The van der Waals surface area contributed by atoms with Gasteiger partial charge < -0.3 is 19.7 Å². The molecule has 0 radical (unpaired) electrons. The largest absolute Gasteiger partial charge is 0.370 e. The van der Waals surface area contributed by atoms with Gasteiger partial charge >= 0.3 is 0 Å². The number of ether oxygens (including phenoxy) is 2. The highest BCUT2D eigenvalue weighted by molar-refractivity contribution is 5.76. The lowest BCUT2D eigenvalue weighted by Gasteiger charge is -2.24. The lowest BCUT2D eigenvalue weighted by atomic mass is 9.98. The number of pyridine rings is 1. The molecule has 1 spiro atoms. The number of aromatic nitrogens is 1. The number of anilines is 1. The molecular formula is C15H21N3O3. The van der Waals surface area contributed by atoms with Crippen LogP contribution in [0.15, 0.2) is 24.5 Å². The molecule has 21 heavy (non-hydrogen) atoms. The maximum atomic E-state index is 11.2. The number of carbonyl (C=O) groups excluding carboxylic acids is 1. The number of hydrogen-bond donors (Lipinski definition) is 1. The summed E-state index contributed by atoms with van der Waals surface area (Å²) in [6, 6.07) is 4.02. The van der Waals surface area contributed by atoms with Gasteiger partial charge in [0.05, 0.1) is 30.2 Å². The summed E-state index contributed by atoms with van der Waals surface area (Å²) in [6.07, 6.45) is 5.51. The van der Waals surface area contributed by atoms with Crippen molar-refractivity contribution in [3.8, 4) is 0 Å². The Morgan fingerprint density at radius 3 is 3.33 bits per heavy atom. The maximum absolute atomic E-state index is 11.2. The van der Waals surface area contributed by atoms with Crippen molar-refractivity contribution in [2.24, 2.45) is 0 Å². The maximum Gasteiger partial charge on any atom is 0.245 e. The van der Waals surface area contributed by atoms with Gasteiger partial charge in [-0.3, -0.25) is 9.78 Å². The number of rotatable bonds is 4. The molecule has 1 amide bonds. The molecule has 1 aromatic rings. The Kier molecular flexibility index (Phi) is 4.07. The third kappa shape index (κ3) is 3.16. The van der Waals surface area contributed by atoms with Crippen molar-refractivity contribution in [2.75, 3.05) is 38.3 Å². The van der Waals surface area contributed by atoms with Crippen LogP contribution in [0, 0.1) is 0 Å². The van der Waals surface area contributed by atoms with Gasteiger partial charge in [-0.25, -0.2) is 0 Å². The summed E-state index contributed by atoms with van der Waals surface area (Å²) >= 11 is 0. The summed E-state index contributed by atoms with van der Waals surface area (Å²) in [5.74, 6) is -0.0978. The van der Waals surface area contributed by atoms with Gasteiger partial charge in [0.1, 0.15) is 6.61 Å². The second-order valence-electron chi connectivity index (χ2n) is 5.69. The van der Waals surface area contributed by atoms with Crippen molar-refractivity contribution in [3.63, 3.8) is 0 Å². The lowest BCUT2D eigenvalue weighted by Crippen LogP contribution is -2.33. The smallest absolute Gasteiger partial charge is 0.245 e. The molecule has 2 unspecified atom stereocenters. The molecule has 2 aliphatic rings. The summed E-state index contributed by atoms with van der Waals surface area (Å²) < 4.78 is 11.6. The fraction of sp³-hybridized carbons (Fsp3) is 0.600. The van der Waals surface area contributed by atoms with E-state index in [4.69, 9.17) is 9.47 Å². The van der Waals surface area contributed by atoms with Crippen molar-refractivity contribution < 1.29 is 14.3 Å². The van der Waals surface area contributed by atoms with Gasteiger partial charge in [0.25, 0.3) is 0 Å². The fourth-order valence-corrected chi connectivity index (χ4v) is 3.07. The Morgan fingerprint density at radius 1 is 1.67 bits per heavy atom. The monoisotopic (exact) mass is 291 g/mol. The zero-order valence-electron chi connectivity index (χ0n) is 12.2. The number of carbonyl (C=O) groups is 1. The summed E-state index contributed by atoms with van der Waals surface area (Å²) in [4.78, 5) is 17.7. The van der Waals surface area contributed by atoms with Gasteiger partial charge in [-0.05, 0) is 18.6 Å². The minimum Gasteiger partial charge on any atom is -0.370 e. The van der Waals surface area contributed by atoms with E-state index in [1.165, 1.54) is 0 Å². The molecule has 0 saturated carbocycles. The molecule has 2 fully saturated rings. The molecule has 6 nitrogen and oxygen atoms in total. The molecule has 0 aromatic carbocycles. The summed E-state index contributed by atoms with van der Waals surface area (Å²) in [6.45, 7) is 2.50. The Hall–Kier alpha value is -1.66. The van der Waals surface area contributed by atoms with E-state index >= 15 is 0 Å². The molecule has 2 saturated heterocycles. The Bertz CT molecular complexity index is 496. The van der Waals surface area contributed by atoms with Gasteiger partial charge in [0, 0.05) is 32.8 Å². The molecule has 2 aliphatic heterocycles. The fourth-order valence-electron chi connectivity index (χ4n) is 3.07. The average Bonchev–Trinajstić information content (AvgIpc) is 3.13. The van der Waals surface area contributed by atoms with Crippen LogP contribution in [0.4, 0.5) is 5.69 Å². The third-order valence-corrected chi connectivity index (χ3v) is 4.23. The second-order valence-corrected chi connectivity index (χ2v) is 5.69. The summed E-state index contributed by atoms with van der Waals surface area (Å²) in [5, 5.41) is 2.56. The van der Waals surface area contributed by atoms with E-state index in [0.29, 0.717) is 6.61 Å². The Morgan fingerprint density at radius 2 is 2.57 bits per heavy atom. The molecule has 6 heteroatoms. The number of likely N-dealkylation sites (N-methyl/N-ethyl adjacent to an activating group) is 1. The van der Waals surface area contributed by atoms with E-state index < -0.39 is 0 Å². The molecule has 2 atom stereocenters. The Labute approximate surface area is 124 Å². The first-order chi connectivity index (χ1) is 10.2. The summed E-state index contributed by atoms with van der Waals surface area (Å²) in [7, 11) is 1.61. The first-order valence-electron chi connectivity index (χ1n) is 7.32. The van der Waals surface area contributed by atoms with Crippen LogP contribution in [-0.2, 0) is 14.3 Å². The van der Waals surface area contributed by atoms with Crippen LogP contribution in [-0.4, -0.2) is 55.9 Å². The van der Waals surface area contributed by atoms with Crippen LogP contribution in [0.1, 0.15) is 12.8 Å². The molecule has 3 heterocycles. The van der Waals surface area contributed by atoms with E-state index in [-0.39, 0.29) is 24.2 Å². The van der Waals surface area contributed by atoms with Crippen molar-refractivity contribution in [3.05, 3.63) is 24.5 Å². The first-order valence-corrected chi connectivity index (χ1v) is 7.32. The Balaban J connectivity index is 1.55. The summed E-state index contributed by atoms with van der Waals surface area (Å²) in [5.41, 5.74) is 0.996. The predicted molar refractivity (Wildman–Crippen MR) is 78.2 cm³/mol. The number of hydrogen-bond acceptors (Lipinski definition) is 5. The number of nitrogens with zero attached hydrogens (tertiary/aromatic N) is 2. The number of nitrogens with one attached hydrogen (secondary N) is 1. The molecular weight excluding hydrogens is 270 g/mol. The normalized spacial score (nSPS) is 28.2. The van der Waals surface area contributed by atoms with Crippen LogP contribution < -0.4 is 10.2 Å². The molecule has 114 valence electrons.